The van der Waals surface area contributed by atoms with Crippen LogP contribution in [0.2, 0.25) is 0 Å². The summed E-state index contributed by atoms with van der Waals surface area (Å²) >= 11 is 0. The molecule has 1 amide bonds. The van der Waals surface area contributed by atoms with Crippen LogP contribution in [0.3, 0.4) is 0 Å². The van der Waals surface area contributed by atoms with E-state index in [9.17, 15) is 22.8 Å². The van der Waals surface area contributed by atoms with Crippen LogP contribution in [0.5, 0.6) is 0 Å². The van der Waals surface area contributed by atoms with Gasteiger partial charge < -0.3 is 9.47 Å². The molecule has 4 heterocycles. The number of nitrogens with one attached hydrogen (secondary N) is 1. The van der Waals surface area contributed by atoms with Crippen LogP contribution in [0.1, 0.15) is 52.9 Å². The third-order valence-electron chi connectivity index (χ3n) is 5.15. The summed E-state index contributed by atoms with van der Waals surface area (Å²) < 4.78 is 40.2. The van der Waals surface area contributed by atoms with Crippen LogP contribution in [-0.2, 0) is 19.1 Å². The van der Waals surface area contributed by atoms with Crippen molar-refractivity contribution >= 4 is 5.91 Å². The van der Waals surface area contributed by atoms with Crippen LogP contribution in [0.25, 0.3) is 0 Å². The Morgan fingerprint density at radius 3 is 2.78 bits per heavy atom. The van der Waals surface area contributed by atoms with Crippen molar-refractivity contribution in [3.63, 3.8) is 0 Å². The van der Waals surface area contributed by atoms with Gasteiger partial charge in [0.05, 0.1) is 0 Å². The van der Waals surface area contributed by atoms with Crippen LogP contribution >= 0.6 is 0 Å². The van der Waals surface area contributed by atoms with Crippen LogP contribution in [0.15, 0.2) is 16.9 Å². The third kappa shape index (κ3) is 3.35. The number of carbonyl (C=O) groups excluding carboxylic acids is 1. The van der Waals surface area contributed by atoms with Crippen molar-refractivity contribution in [1.82, 2.24) is 24.6 Å². The number of rotatable bonds is 2. The smallest absolute Gasteiger partial charge is 0.337 e. The van der Waals surface area contributed by atoms with Gasteiger partial charge in [0.1, 0.15) is 11.5 Å². The van der Waals surface area contributed by atoms with E-state index < -0.39 is 17.8 Å². The molecule has 4 rings (SSSR count). The number of fused-ring (bicyclic) bond motifs is 1. The van der Waals surface area contributed by atoms with Gasteiger partial charge in [-0.25, -0.2) is 0 Å². The zero-order valence-electron chi connectivity index (χ0n) is 14.4. The second-order valence-electron chi connectivity index (χ2n) is 6.95. The number of aromatic nitrogens is 4. The molecule has 10 heteroatoms. The number of aromatic amines is 1. The Labute approximate surface area is 152 Å². The fourth-order valence-electron chi connectivity index (χ4n) is 3.90. The first kappa shape index (κ1) is 17.7. The van der Waals surface area contributed by atoms with E-state index in [1.54, 1.807) is 0 Å². The minimum atomic E-state index is -4.57. The lowest BCUT2D eigenvalue weighted by Gasteiger charge is -2.33. The molecule has 0 radical (unpaired) electrons. The van der Waals surface area contributed by atoms with Crippen LogP contribution in [0, 0.1) is 0 Å². The molecule has 2 aliphatic rings. The van der Waals surface area contributed by atoms with Gasteiger partial charge in [-0.15, -0.1) is 0 Å². The number of hydrogen-bond donors (Lipinski definition) is 1. The number of alkyl halides is 3. The zero-order chi connectivity index (χ0) is 19.2. The molecular weight excluding hydrogens is 363 g/mol. The minimum Gasteiger partial charge on any atom is -0.337 e. The van der Waals surface area contributed by atoms with Crippen LogP contribution in [-0.4, -0.2) is 43.6 Å². The Hall–Kier alpha value is -2.65. The molecule has 0 spiro atoms. The second kappa shape index (κ2) is 6.50. The molecule has 0 bridgehead atoms. The molecule has 0 aliphatic carbocycles. The highest BCUT2D eigenvalue weighted by molar-refractivity contribution is 5.92. The topological polar surface area (TPSA) is 83.9 Å². The summed E-state index contributed by atoms with van der Waals surface area (Å²) in [6.07, 6.45) is -1.38. The summed E-state index contributed by atoms with van der Waals surface area (Å²) in [6.45, 7) is 1.58. The quantitative estimate of drug-likeness (QED) is 0.862. The van der Waals surface area contributed by atoms with Crippen LogP contribution in [0.4, 0.5) is 13.2 Å². The maximum Gasteiger partial charge on any atom is 0.432 e. The van der Waals surface area contributed by atoms with Crippen molar-refractivity contribution in [2.75, 3.05) is 13.1 Å². The van der Waals surface area contributed by atoms with Crippen LogP contribution < -0.4 is 5.56 Å². The van der Waals surface area contributed by atoms with Gasteiger partial charge in [0.15, 0.2) is 5.69 Å². The van der Waals surface area contributed by atoms with Gasteiger partial charge in [-0.2, -0.15) is 23.3 Å². The van der Waals surface area contributed by atoms with Gasteiger partial charge in [0.2, 0.25) is 0 Å². The third-order valence-corrected chi connectivity index (χ3v) is 5.15. The number of amides is 1. The first-order valence-corrected chi connectivity index (χ1v) is 8.85. The van der Waals surface area contributed by atoms with E-state index in [2.05, 4.69) is 10.1 Å². The molecule has 2 aromatic rings. The molecule has 1 unspecified atom stereocenters. The first-order valence-electron chi connectivity index (χ1n) is 8.85. The van der Waals surface area contributed by atoms with E-state index in [4.69, 9.17) is 0 Å². The lowest BCUT2D eigenvalue weighted by atomic mass is 9.94. The normalized spacial score (nSPS) is 20.0. The Kier molecular flexibility index (Phi) is 4.27. The Bertz CT molecular complexity index is 933. The molecule has 2 aliphatic heterocycles. The van der Waals surface area contributed by atoms with Crippen molar-refractivity contribution < 1.29 is 18.0 Å². The van der Waals surface area contributed by atoms with Gasteiger partial charge in [0, 0.05) is 49.8 Å². The fraction of sp³-hybridized carbons (Fsp3) is 0.529. The Morgan fingerprint density at radius 1 is 1.22 bits per heavy atom. The van der Waals surface area contributed by atoms with E-state index in [1.807, 2.05) is 9.67 Å². The molecule has 0 saturated carbocycles. The molecular formula is C17H18F3N5O2. The van der Waals surface area contributed by atoms with E-state index in [1.165, 1.54) is 11.0 Å². The standard InChI is InChI=1S/C17H18F3N5O2/c18-17(19,20)13-7-11(22-23-13)16(27)24-5-1-3-10(9-24)12-8-15(26)21-14-4-2-6-25(12)14/h7-8,10H,1-6,9H2,(H,22,23). The summed E-state index contributed by atoms with van der Waals surface area (Å²) in [5, 5.41) is 5.40. The number of H-pyrrole nitrogens is 1. The highest BCUT2D eigenvalue weighted by Gasteiger charge is 2.35. The SMILES string of the molecule is O=C(c1cc(C(F)(F)F)[nH]n1)N1CCCC(c2cc(=O)nc3n2CCC3)C1. The zero-order valence-corrected chi connectivity index (χ0v) is 14.4. The molecule has 0 aromatic carbocycles. The summed E-state index contributed by atoms with van der Waals surface area (Å²) in [7, 11) is 0. The predicted octanol–water partition coefficient (Wildman–Crippen LogP) is 1.95. The average molecular weight is 381 g/mol. The maximum atomic E-state index is 12.7. The summed E-state index contributed by atoms with van der Waals surface area (Å²) in [5.41, 5.74) is -0.722. The Balaban J connectivity index is 1.56. The van der Waals surface area contributed by atoms with E-state index in [0.717, 1.165) is 43.4 Å². The number of hydrogen-bond acceptors (Lipinski definition) is 4. The number of piperidine rings is 1. The molecule has 144 valence electrons. The van der Waals surface area contributed by atoms with Gasteiger partial charge >= 0.3 is 6.18 Å². The monoisotopic (exact) mass is 381 g/mol. The van der Waals surface area contributed by atoms with E-state index >= 15 is 0 Å². The maximum absolute atomic E-state index is 12.7. The molecule has 1 saturated heterocycles. The predicted molar refractivity (Wildman–Crippen MR) is 88.3 cm³/mol. The molecule has 2 aromatic heterocycles. The van der Waals surface area contributed by atoms with Gasteiger partial charge in [-0.05, 0) is 19.3 Å². The van der Waals surface area contributed by atoms with Crippen molar-refractivity contribution in [1.29, 1.82) is 0 Å². The van der Waals surface area contributed by atoms with Gasteiger partial charge in [-0.3, -0.25) is 14.7 Å². The summed E-state index contributed by atoms with van der Waals surface area (Å²) in [5.74, 6) is 0.184. The lowest BCUT2D eigenvalue weighted by Crippen LogP contribution is -2.40. The molecule has 1 fully saturated rings. The van der Waals surface area contributed by atoms with Crippen molar-refractivity contribution in [2.45, 2.75) is 44.3 Å². The first-order chi connectivity index (χ1) is 12.8. The number of aryl methyl sites for hydroxylation is 1. The molecule has 1 atom stereocenters. The van der Waals surface area contributed by atoms with Crippen molar-refractivity contribution in [2.24, 2.45) is 0 Å². The number of likely N-dealkylation sites (tertiary alicyclic amines) is 1. The highest BCUT2D eigenvalue weighted by Crippen LogP contribution is 2.31. The average Bonchev–Trinajstić information content (AvgIpc) is 3.29. The summed E-state index contributed by atoms with van der Waals surface area (Å²) in [4.78, 5) is 30.1. The molecule has 27 heavy (non-hydrogen) atoms. The Morgan fingerprint density at radius 2 is 2.04 bits per heavy atom. The van der Waals surface area contributed by atoms with E-state index in [0.29, 0.717) is 19.5 Å². The lowest BCUT2D eigenvalue weighted by molar-refractivity contribution is -0.141. The number of nitrogens with zero attached hydrogens (tertiary/aromatic N) is 4. The number of carbonyl (C=O) groups is 1. The summed E-state index contributed by atoms with van der Waals surface area (Å²) in [6, 6.07) is 2.25. The highest BCUT2D eigenvalue weighted by atomic mass is 19.4. The fourth-order valence-corrected chi connectivity index (χ4v) is 3.90. The number of halogens is 3. The molecule has 1 N–H and O–H groups in total. The van der Waals surface area contributed by atoms with Crippen molar-refractivity contribution in [3.8, 4) is 0 Å². The minimum absolute atomic E-state index is 0.0451. The van der Waals surface area contributed by atoms with Gasteiger partial charge in [0.25, 0.3) is 11.5 Å². The van der Waals surface area contributed by atoms with Gasteiger partial charge in [-0.1, -0.05) is 0 Å². The second-order valence-corrected chi connectivity index (χ2v) is 6.95. The molecule has 7 nitrogen and oxygen atoms in total. The van der Waals surface area contributed by atoms with Crippen molar-refractivity contribution in [3.05, 3.63) is 45.4 Å². The largest absolute Gasteiger partial charge is 0.432 e. The van der Waals surface area contributed by atoms with E-state index in [-0.39, 0.29) is 17.2 Å².